The largest absolute Gasteiger partial charge is 0.462 e. The fourth-order valence-electron chi connectivity index (χ4n) is 2.42. The molecule has 0 amide bonds. The predicted molar refractivity (Wildman–Crippen MR) is 101 cm³/mol. The number of thioether (sulfide) groups is 1. The maximum Gasteiger partial charge on any atom is 0.322 e. The first-order valence-corrected chi connectivity index (χ1v) is 10.7. The number of benzene rings is 2. The molecule has 7 heteroatoms. The van der Waals surface area contributed by atoms with Gasteiger partial charge in [0.15, 0.2) is 0 Å². The predicted octanol–water partition coefficient (Wildman–Crippen LogP) is 5.06. The summed E-state index contributed by atoms with van der Waals surface area (Å²) in [6.07, 6.45) is -0.118. The van der Waals surface area contributed by atoms with Crippen molar-refractivity contribution < 1.29 is 14.1 Å². The average Bonchev–Trinajstić information content (AvgIpc) is 3.18. The smallest absolute Gasteiger partial charge is 0.322 e. The molecule has 1 N–H and O–H groups in total. The minimum atomic E-state index is -1.43. The molecule has 3 atom stereocenters. The first-order valence-electron chi connectivity index (χ1n) is 7.67. The molecule has 1 heterocycles. The molecule has 0 bridgehead atoms. The van der Waals surface area contributed by atoms with E-state index in [4.69, 9.17) is 20.5 Å². The van der Waals surface area contributed by atoms with Crippen LogP contribution in [0.5, 0.6) is 5.75 Å². The lowest BCUT2D eigenvalue weighted by molar-refractivity contribution is -0.146. The summed E-state index contributed by atoms with van der Waals surface area (Å²) in [6, 6.07) is 13.9. The van der Waals surface area contributed by atoms with Gasteiger partial charge in [-0.05, 0) is 43.5 Å². The van der Waals surface area contributed by atoms with Gasteiger partial charge in [-0.2, -0.15) is 0 Å². The van der Waals surface area contributed by atoms with Crippen molar-refractivity contribution in [3.8, 4) is 5.75 Å². The van der Waals surface area contributed by atoms with Crippen LogP contribution < -0.4 is 9.61 Å². The molecule has 3 unspecified atom stereocenters. The summed E-state index contributed by atoms with van der Waals surface area (Å²) >= 11 is 7.88. The topological polar surface area (TPSA) is 47.6 Å². The second-order valence-electron chi connectivity index (χ2n) is 6.02. The van der Waals surface area contributed by atoms with Crippen molar-refractivity contribution in [3.05, 3.63) is 42.5 Å². The van der Waals surface area contributed by atoms with Crippen molar-refractivity contribution in [1.82, 2.24) is 5.09 Å². The van der Waals surface area contributed by atoms with Crippen molar-refractivity contribution in [1.29, 1.82) is 0 Å². The van der Waals surface area contributed by atoms with Crippen LogP contribution in [0.4, 0.5) is 0 Å². The van der Waals surface area contributed by atoms with Crippen molar-refractivity contribution in [3.63, 3.8) is 0 Å². The lowest BCUT2D eigenvalue weighted by atomic mass is 10.1. The molecule has 2 aromatic carbocycles. The van der Waals surface area contributed by atoms with Crippen LogP contribution in [0.1, 0.15) is 20.8 Å². The third-order valence-electron chi connectivity index (χ3n) is 3.61. The van der Waals surface area contributed by atoms with Crippen molar-refractivity contribution >= 4 is 47.4 Å². The van der Waals surface area contributed by atoms with E-state index >= 15 is 0 Å². The van der Waals surface area contributed by atoms with Gasteiger partial charge in [0.25, 0.3) is 7.65 Å². The molecule has 4 nitrogen and oxygen atoms in total. The Kier molecular flexibility index (Phi) is 5.26. The first kappa shape index (κ1) is 17.8. The van der Waals surface area contributed by atoms with Crippen LogP contribution >= 0.6 is 30.7 Å². The fraction of sp³-hybridized carbons (Fsp3) is 0.353. The summed E-state index contributed by atoms with van der Waals surface area (Å²) < 4.78 is 11.2. The molecule has 1 aliphatic heterocycles. The molecular weight excluding hydrogens is 365 g/mol. The number of hydrogen-bond donors (Lipinski definition) is 1. The molecule has 1 saturated heterocycles. The normalized spacial score (nSPS) is 24.0. The van der Waals surface area contributed by atoms with E-state index in [0.717, 1.165) is 16.5 Å². The Hall–Kier alpha value is -1.00. The maximum absolute atomic E-state index is 12.0. The lowest BCUT2D eigenvalue weighted by Crippen LogP contribution is -2.32. The summed E-state index contributed by atoms with van der Waals surface area (Å²) in [5.41, 5.74) is 0. The number of ether oxygens (including phenoxy) is 1. The van der Waals surface area contributed by atoms with Crippen LogP contribution in [0, 0.1) is 0 Å². The molecule has 1 aliphatic rings. The number of esters is 1. The maximum atomic E-state index is 12.0. The highest BCUT2D eigenvalue weighted by atomic mass is 35.7. The zero-order valence-electron chi connectivity index (χ0n) is 13.7. The fourth-order valence-corrected chi connectivity index (χ4v) is 5.45. The van der Waals surface area contributed by atoms with E-state index in [2.05, 4.69) is 5.09 Å². The molecule has 2 aromatic rings. The molecule has 0 aromatic heterocycles. The minimum absolute atomic E-state index is 0.118. The Morgan fingerprint density at radius 2 is 2.00 bits per heavy atom. The van der Waals surface area contributed by atoms with Crippen LogP contribution in [-0.4, -0.2) is 22.2 Å². The number of carbonyl (C=O) groups excluding carboxylic acids is 1. The monoisotopic (exact) mass is 383 g/mol. The van der Waals surface area contributed by atoms with Gasteiger partial charge in [-0.15, -0.1) is 11.8 Å². The van der Waals surface area contributed by atoms with Gasteiger partial charge in [-0.3, -0.25) is 4.79 Å². The van der Waals surface area contributed by atoms with E-state index in [1.165, 1.54) is 11.8 Å². The van der Waals surface area contributed by atoms with Gasteiger partial charge in [-0.1, -0.05) is 36.4 Å². The Morgan fingerprint density at radius 3 is 2.75 bits per heavy atom. The van der Waals surface area contributed by atoms with Gasteiger partial charge in [0.1, 0.15) is 11.0 Å². The minimum Gasteiger partial charge on any atom is -0.462 e. The third kappa shape index (κ3) is 3.97. The van der Waals surface area contributed by atoms with Crippen LogP contribution in [-0.2, 0) is 9.53 Å². The van der Waals surface area contributed by atoms with E-state index in [9.17, 15) is 4.79 Å². The number of fused-ring (bicyclic) bond motifs is 1. The van der Waals surface area contributed by atoms with Gasteiger partial charge in [0.2, 0.25) is 0 Å². The van der Waals surface area contributed by atoms with Gasteiger partial charge in [0.05, 0.1) is 11.0 Å². The van der Waals surface area contributed by atoms with Crippen LogP contribution in [0.15, 0.2) is 42.5 Å². The average molecular weight is 384 g/mol. The van der Waals surface area contributed by atoms with Gasteiger partial charge in [-0.25, -0.2) is 5.09 Å². The van der Waals surface area contributed by atoms with Gasteiger partial charge in [0, 0.05) is 5.39 Å². The Labute approximate surface area is 151 Å². The van der Waals surface area contributed by atoms with Crippen LogP contribution in [0.3, 0.4) is 0 Å². The number of halogens is 1. The summed E-state index contributed by atoms with van der Waals surface area (Å²) in [5, 5.41) is 5.08. The van der Waals surface area contributed by atoms with Gasteiger partial charge < -0.3 is 9.26 Å². The highest BCUT2D eigenvalue weighted by molar-refractivity contribution is 8.09. The molecule has 24 heavy (non-hydrogen) atoms. The van der Waals surface area contributed by atoms with Crippen LogP contribution in [0.2, 0.25) is 0 Å². The molecule has 0 saturated carbocycles. The van der Waals surface area contributed by atoms with Crippen molar-refractivity contribution in [2.45, 2.75) is 37.0 Å². The van der Waals surface area contributed by atoms with E-state index in [0.29, 0.717) is 0 Å². The van der Waals surface area contributed by atoms with E-state index in [-0.39, 0.29) is 17.3 Å². The lowest BCUT2D eigenvalue weighted by Gasteiger charge is -2.18. The number of hydrogen-bond acceptors (Lipinski definition) is 5. The Morgan fingerprint density at radius 1 is 1.29 bits per heavy atom. The van der Waals surface area contributed by atoms with E-state index in [1.807, 2.05) is 63.2 Å². The Balaban J connectivity index is 1.64. The first-order chi connectivity index (χ1) is 11.4. The molecule has 1 fully saturated rings. The number of carbonyl (C=O) groups is 1. The second-order valence-corrected chi connectivity index (χ2v) is 9.39. The number of rotatable bonds is 6. The highest BCUT2D eigenvalue weighted by Gasteiger charge is 2.58. The third-order valence-corrected chi connectivity index (χ3v) is 6.69. The van der Waals surface area contributed by atoms with Crippen LogP contribution in [0.25, 0.3) is 10.8 Å². The van der Waals surface area contributed by atoms with E-state index in [1.54, 1.807) is 0 Å². The highest BCUT2D eigenvalue weighted by Crippen LogP contribution is 2.57. The van der Waals surface area contributed by atoms with E-state index < -0.39 is 12.5 Å². The molecule has 128 valence electrons. The zero-order chi connectivity index (χ0) is 17.3. The second kappa shape index (κ2) is 7.09. The molecular formula is C17H19ClNO3PS. The summed E-state index contributed by atoms with van der Waals surface area (Å²) in [6.45, 7) is 5.62. The molecule has 0 spiro atoms. The zero-order valence-corrected chi connectivity index (χ0v) is 16.1. The quantitative estimate of drug-likeness (QED) is 0.429. The molecule has 0 radical (unpaired) electrons. The summed E-state index contributed by atoms with van der Waals surface area (Å²) in [4.78, 5) is 11.5. The standard InChI is InChI=1S/C17H19ClNO3PS/c1-11(2)21-16(20)15-17(3,24-15)19-23(18)22-14-10-6-8-12-7-4-5-9-13(12)14/h4-11,15,19H,1-3H3. The SMILES string of the molecule is CC(C)OC(=O)C1SC1(C)NP(Cl)Oc1cccc2ccccc12. The number of nitrogens with one attached hydrogen (secondary N) is 1. The summed E-state index contributed by atoms with van der Waals surface area (Å²) in [7, 11) is -1.43. The Bertz CT molecular complexity index is 754. The van der Waals surface area contributed by atoms with Gasteiger partial charge >= 0.3 is 5.97 Å². The van der Waals surface area contributed by atoms with Crippen molar-refractivity contribution in [2.75, 3.05) is 0 Å². The molecule has 0 aliphatic carbocycles. The van der Waals surface area contributed by atoms with Crippen molar-refractivity contribution in [2.24, 2.45) is 0 Å². The molecule has 3 rings (SSSR count). The summed E-state index contributed by atoms with van der Waals surface area (Å²) in [5.74, 6) is 0.521.